The van der Waals surface area contributed by atoms with Gasteiger partial charge < -0.3 is 14.3 Å². The zero-order chi connectivity index (χ0) is 9.52. The van der Waals surface area contributed by atoms with Gasteiger partial charge in [0.1, 0.15) is 6.29 Å². The van der Waals surface area contributed by atoms with Crippen LogP contribution < -0.4 is 0 Å². The van der Waals surface area contributed by atoms with Gasteiger partial charge in [-0.1, -0.05) is 6.92 Å². The third kappa shape index (κ3) is 4.39. The van der Waals surface area contributed by atoms with Gasteiger partial charge in [-0.05, 0) is 25.7 Å². The van der Waals surface area contributed by atoms with E-state index in [0.717, 1.165) is 45.2 Å². The molecule has 0 aromatic rings. The second-order valence-electron chi connectivity index (χ2n) is 3.57. The van der Waals surface area contributed by atoms with Crippen LogP contribution in [-0.2, 0) is 14.3 Å². The van der Waals surface area contributed by atoms with Crippen molar-refractivity contribution >= 4 is 6.29 Å². The van der Waals surface area contributed by atoms with E-state index in [1.54, 1.807) is 0 Å². The summed E-state index contributed by atoms with van der Waals surface area (Å²) in [6.07, 6.45) is 4.84. The predicted molar refractivity (Wildman–Crippen MR) is 49.4 cm³/mol. The Hall–Kier alpha value is -0.410. The van der Waals surface area contributed by atoms with Crippen molar-refractivity contribution in [2.45, 2.75) is 38.9 Å². The van der Waals surface area contributed by atoms with Crippen LogP contribution >= 0.6 is 0 Å². The lowest BCUT2D eigenvalue weighted by Crippen LogP contribution is -2.24. The molecule has 0 spiro atoms. The monoisotopic (exact) mass is 186 g/mol. The largest absolute Gasteiger partial charge is 0.353 e. The minimum atomic E-state index is -0.0207. The lowest BCUT2D eigenvalue weighted by molar-refractivity contribution is -0.181. The van der Waals surface area contributed by atoms with Crippen molar-refractivity contribution < 1.29 is 14.3 Å². The number of carbonyl (C=O) groups excluding carboxylic acids is 1. The summed E-state index contributed by atoms with van der Waals surface area (Å²) >= 11 is 0. The van der Waals surface area contributed by atoms with Gasteiger partial charge in [0.25, 0.3) is 0 Å². The van der Waals surface area contributed by atoms with Crippen molar-refractivity contribution in [3.63, 3.8) is 0 Å². The molecular weight excluding hydrogens is 168 g/mol. The molecule has 0 aromatic carbocycles. The average molecular weight is 186 g/mol. The number of aldehydes is 1. The quantitative estimate of drug-likeness (QED) is 0.614. The van der Waals surface area contributed by atoms with Crippen LogP contribution in [0, 0.1) is 5.92 Å². The number of carbonyl (C=O) groups is 1. The number of hydrogen-bond acceptors (Lipinski definition) is 3. The van der Waals surface area contributed by atoms with Crippen molar-refractivity contribution in [2.24, 2.45) is 5.92 Å². The second-order valence-corrected chi connectivity index (χ2v) is 3.57. The summed E-state index contributed by atoms with van der Waals surface area (Å²) in [6, 6.07) is 0. The Morgan fingerprint density at radius 2 is 2.15 bits per heavy atom. The van der Waals surface area contributed by atoms with Crippen molar-refractivity contribution in [1.82, 2.24) is 0 Å². The third-order valence-corrected chi connectivity index (χ3v) is 2.23. The van der Waals surface area contributed by atoms with E-state index in [1.165, 1.54) is 0 Å². The molecular formula is C10H18O3. The fourth-order valence-corrected chi connectivity index (χ4v) is 1.38. The summed E-state index contributed by atoms with van der Waals surface area (Å²) in [5, 5.41) is 0. The summed E-state index contributed by atoms with van der Waals surface area (Å²) in [5.41, 5.74) is 0. The van der Waals surface area contributed by atoms with Crippen molar-refractivity contribution in [2.75, 3.05) is 13.2 Å². The van der Waals surface area contributed by atoms with E-state index in [9.17, 15) is 4.79 Å². The minimum absolute atomic E-state index is 0.0207. The van der Waals surface area contributed by atoms with E-state index < -0.39 is 0 Å². The molecule has 13 heavy (non-hydrogen) atoms. The Balaban J connectivity index is 2.01. The molecule has 76 valence electrons. The van der Waals surface area contributed by atoms with E-state index >= 15 is 0 Å². The van der Waals surface area contributed by atoms with Gasteiger partial charge >= 0.3 is 0 Å². The van der Waals surface area contributed by atoms with E-state index in [0.29, 0.717) is 0 Å². The number of hydrogen-bond donors (Lipinski definition) is 0. The van der Waals surface area contributed by atoms with Gasteiger partial charge in [-0.25, -0.2) is 0 Å². The molecule has 0 aliphatic carbocycles. The first-order valence-electron chi connectivity index (χ1n) is 5.01. The Morgan fingerprint density at radius 3 is 2.77 bits per heavy atom. The van der Waals surface area contributed by atoms with Crippen LogP contribution in [-0.4, -0.2) is 25.8 Å². The standard InChI is InChI=1S/C10H18O3/c1-9(8-11)4-2-5-10-12-6-3-7-13-10/h8-10H,2-7H2,1H3. The van der Waals surface area contributed by atoms with Crippen LogP contribution in [0.25, 0.3) is 0 Å². The van der Waals surface area contributed by atoms with Crippen LogP contribution in [0.1, 0.15) is 32.6 Å². The molecule has 1 aliphatic heterocycles. The molecule has 0 radical (unpaired) electrons. The first kappa shape index (κ1) is 10.7. The molecule has 0 N–H and O–H groups in total. The summed E-state index contributed by atoms with van der Waals surface area (Å²) < 4.78 is 10.8. The van der Waals surface area contributed by atoms with Crippen LogP contribution in [0.2, 0.25) is 0 Å². The van der Waals surface area contributed by atoms with Gasteiger partial charge in [0.2, 0.25) is 0 Å². The van der Waals surface area contributed by atoms with Crippen LogP contribution in [0.4, 0.5) is 0 Å². The van der Waals surface area contributed by atoms with Crippen LogP contribution in [0.3, 0.4) is 0 Å². The molecule has 0 saturated carbocycles. The highest BCUT2D eigenvalue weighted by molar-refractivity contribution is 5.52. The topological polar surface area (TPSA) is 35.5 Å². The summed E-state index contributed by atoms with van der Waals surface area (Å²) in [4.78, 5) is 10.3. The van der Waals surface area contributed by atoms with E-state index in [1.807, 2.05) is 6.92 Å². The Labute approximate surface area is 79.4 Å². The highest BCUT2D eigenvalue weighted by Crippen LogP contribution is 2.13. The van der Waals surface area contributed by atoms with Crippen LogP contribution in [0.15, 0.2) is 0 Å². The maximum absolute atomic E-state index is 10.3. The van der Waals surface area contributed by atoms with Gasteiger partial charge in [0.05, 0.1) is 13.2 Å². The molecule has 1 saturated heterocycles. The molecule has 0 aromatic heterocycles. The van der Waals surface area contributed by atoms with Gasteiger partial charge in [0.15, 0.2) is 6.29 Å². The van der Waals surface area contributed by atoms with Crippen LogP contribution in [0.5, 0.6) is 0 Å². The first-order chi connectivity index (χ1) is 6.33. The fourth-order valence-electron chi connectivity index (χ4n) is 1.38. The predicted octanol–water partition coefficient (Wildman–Crippen LogP) is 1.75. The Morgan fingerprint density at radius 1 is 1.46 bits per heavy atom. The SMILES string of the molecule is CC(C=O)CCCC1OCCCO1. The molecule has 1 atom stereocenters. The number of ether oxygens (including phenoxy) is 2. The van der Waals surface area contributed by atoms with Gasteiger partial charge in [-0.3, -0.25) is 0 Å². The minimum Gasteiger partial charge on any atom is -0.353 e. The van der Waals surface area contributed by atoms with Gasteiger partial charge in [-0.2, -0.15) is 0 Å². The van der Waals surface area contributed by atoms with Gasteiger partial charge in [0, 0.05) is 5.92 Å². The van der Waals surface area contributed by atoms with E-state index in [2.05, 4.69) is 0 Å². The molecule has 1 fully saturated rings. The molecule has 1 aliphatic rings. The molecule has 3 nitrogen and oxygen atoms in total. The normalized spacial score (nSPS) is 21.3. The summed E-state index contributed by atoms with van der Waals surface area (Å²) in [5.74, 6) is 0.170. The van der Waals surface area contributed by atoms with E-state index in [4.69, 9.17) is 9.47 Å². The highest BCUT2D eigenvalue weighted by atomic mass is 16.7. The third-order valence-electron chi connectivity index (χ3n) is 2.23. The molecule has 1 heterocycles. The molecule has 0 bridgehead atoms. The van der Waals surface area contributed by atoms with Crippen molar-refractivity contribution in [3.8, 4) is 0 Å². The molecule has 1 unspecified atom stereocenters. The van der Waals surface area contributed by atoms with Gasteiger partial charge in [-0.15, -0.1) is 0 Å². The molecule has 0 amide bonds. The maximum Gasteiger partial charge on any atom is 0.157 e. The van der Waals surface area contributed by atoms with E-state index in [-0.39, 0.29) is 12.2 Å². The summed E-state index contributed by atoms with van der Waals surface area (Å²) in [7, 11) is 0. The summed E-state index contributed by atoms with van der Waals surface area (Å²) in [6.45, 7) is 3.57. The second kappa shape index (κ2) is 6.11. The van der Waals surface area contributed by atoms with Crippen molar-refractivity contribution in [3.05, 3.63) is 0 Å². The Kier molecular flexibility index (Phi) is 5.01. The zero-order valence-electron chi connectivity index (χ0n) is 8.20. The molecule has 3 heteroatoms. The fraction of sp³-hybridized carbons (Fsp3) is 0.900. The first-order valence-corrected chi connectivity index (χ1v) is 5.01. The Bertz CT molecular complexity index is 141. The molecule has 1 rings (SSSR count). The lowest BCUT2D eigenvalue weighted by atomic mass is 10.1. The average Bonchev–Trinajstić information content (AvgIpc) is 2.19. The smallest absolute Gasteiger partial charge is 0.157 e. The highest BCUT2D eigenvalue weighted by Gasteiger charge is 2.13. The lowest BCUT2D eigenvalue weighted by Gasteiger charge is -2.23. The maximum atomic E-state index is 10.3. The number of rotatable bonds is 5. The zero-order valence-corrected chi connectivity index (χ0v) is 8.20. The van der Waals surface area contributed by atoms with Crippen molar-refractivity contribution in [1.29, 1.82) is 0 Å².